The van der Waals surface area contributed by atoms with Gasteiger partial charge in [0.05, 0.1) is 16.7 Å². The lowest BCUT2D eigenvalue weighted by Crippen LogP contribution is -2.45. The molecule has 0 bridgehead atoms. The standard InChI is InChI=1S/C20H27N3O2S/c1-14-7-8-17-16(11-14)18(21-2)12-20(22-17)23-9-10-26(24,25)19-6-4-3-5-15(19)13-23/h3-6,11,14,17-18,21H,7-10,12-13H2,1-2H3. The number of hydrogen-bond donors (Lipinski definition) is 1. The van der Waals surface area contributed by atoms with Crippen LogP contribution in [0.4, 0.5) is 0 Å². The first-order valence-electron chi connectivity index (χ1n) is 9.49. The lowest BCUT2D eigenvalue weighted by atomic mass is 9.81. The topological polar surface area (TPSA) is 61.8 Å². The van der Waals surface area contributed by atoms with E-state index in [4.69, 9.17) is 4.99 Å². The molecule has 1 aliphatic carbocycles. The molecule has 2 heterocycles. The van der Waals surface area contributed by atoms with Crippen molar-refractivity contribution >= 4 is 15.7 Å². The Labute approximate surface area is 156 Å². The Bertz CT molecular complexity index is 860. The van der Waals surface area contributed by atoms with Gasteiger partial charge in [-0.05, 0) is 43.0 Å². The van der Waals surface area contributed by atoms with Crippen LogP contribution in [0.3, 0.4) is 0 Å². The highest BCUT2D eigenvalue weighted by Crippen LogP contribution is 2.33. The molecule has 1 aromatic carbocycles. The van der Waals surface area contributed by atoms with E-state index >= 15 is 0 Å². The lowest BCUT2D eigenvalue weighted by Gasteiger charge is -2.38. The second-order valence-corrected chi connectivity index (χ2v) is 9.75. The van der Waals surface area contributed by atoms with Crippen LogP contribution < -0.4 is 5.32 Å². The quantitative estimate of drug-likeness (QED) is 0.768. The zero-order chi connectivity index (χ0) is 18.3. The highest BCUT2D eigenvalue weighted by Gasteiger charge is 2.34. The maximum Gasteiger partial charge on any atom is 0.180 e. The normalized spacial score (nSPS) is 30.5. The number of nitrogens with zero attached hydrogens (tertiary/aromatic N) is 2. The first-order chi connectivity index (χ1) is 12.5. The van der Waals surface area contributed by atoms with E-state index in [1.54, 1.807) is 6.07 Å². The van der Waals surface area contributed by atoms with Crippen molar-refractivity contribution in [3.63, 3.8) is 0 Å². The average Bonchev–Trinajstić information content (AvgIpc) is 2.77. The van der Waals surface area contributed by atoms with E-state index in [1.165, 1.54) is 12.0 Å². The SMILES string of the molecule is CNC1CC(N2CCS(=O)(=O)c3ccccc3C2)=NC2CCC(C)C=C21. The molecule has 1 N–H and O–H groups in total. The Hall–Kier alpha value is -1.66. The number of allylic oxidation sites excluding steroid dienone is 1. The van der Waals surface area contributed by atoms with Crippen LogP contribution in [0.15, 0.2) is 45.8 Å². The molecule has 3 aliphatic rings. The van der Waals surface area contributed by atoms with Crippen LogP contribution in [0.2, 0.25) is 0 Å². The summed E-state index contributed by atoms with van der Waals surface area (Å²) in [7, 11) is -1.22. The molecule has 6 heteroatoms. The molecule has 0 spiro atoms. The Morgan fingerprint density at radius 1 is 1.23 bits per heavy atom. The molecule has 0 aromatic heterocycles. The van der Waals surface area contributed by atoms with Crippen molar-refractivity contribution in [2.45, 2.75) is 49.7 Å². The van der Waals surface area contributed by atoms with E-state index in [9.17, 15) is 8.42 Å². The molecule has 2 aliphatic heterocycles. The number of nitrogens with one attached hydrogen (secondary N) is 1. The van der Waals surface area contributed by atoms with E-state index in [0.717, 1.165) is 24.2 Å². The zero-order valence-electron chi connectivity index (χ0n) is 15.5. The summed E-state index contributed by atoms with van der Waals surface area (Å²) >= 11 is 0. The molecule has 3 unspecified atom stereocenters. The molecule has 0 fully saturated rings. The van der Waals surface area contributed by atoms with E-state index in [0.29, 0.717) is 29.9 Å². The van der Waals surface area contributed by atoms with Crippen LogP contribution in [-0.2, 0) is 16.4 Å². The van der Waals surface area contributed by atoms with E-state index in [1.807, 2.05) is 25.2 Å². The minimum absolute atomic E-state index is 0.150. The van der Waals surface area contributed by atoms with Crippen LogP contribution in [0, 0.1) is 5.92 Å². The summed E-state index contributed by atoms with van der Waals surface area (Å²) in [6.07, 6.45) is 5.46. The third kappa shape index (κ3) is 3.21. The predicted octanol–water partition coefficient (Wildman–Crippen LogP) is 2.39. The molecule has 5 nitrogen and oxygen atoms in total. The number of hydrogen-bond acceptors (Lipinski definition) is 5. The molecule has 3 atom stereocenters. The van der Waals surface area contributed by atoms with Crippen LogP contribution in [0.25, 0.3) is 0 Å². The van der Waals surface area contributed by atoms with Gasteiger partial charge in [-0.15, -0.1) is 0 Å². The number of likely N-dealkylation sites (N-methyl/N-ethyl adjacent to an activating group) is 1. The van der Waals surface area contributed by atoms with Crippen molar-refractivity contribution in [1.82, 2.24) is 10.2 Å². The smallest absolute Gasteiger partial charge is 0.180 e. The van der Waals surface area contributed by atoms with Gasteiger partial charge in [0.15, 0.2) is 9.84 Å². The Kier molecular flexibility index (Phi) is 4.65. The van der Waals surface area contributed by atoms with Gasteiger partial charge in [0.1, 0.15) is 5.84 Å². The summed E-state index contributed by atoms with van der Waals surface area (Å²) in [5, 5.41) is 3.45. The van der Waals surface area contributed by atoms with Gasteiger partial charge in [-0.2, -0.15) is 0 Å². The summed E-state index contributed by atoms with van der Waals surface area (Å²) in [6.45, 7) is 3.40. The maximum absolute atomic E-state index is 12.6. The second kappa shape index (κ2) is 6.82. The Balaban J connectivity index is 1.67. The van der Waals surface area contributed by atoms with Crippen molar-refractivity contribution in [1.29, 1.82) is 0 Å². The van der Waals surface area contributed by atoms with Crippen molar-refractivity contribution in [3.05, 3.63) is 41.5 Å². The lowest BCUT2D eigenvalue weighted by molar-refractivity contribution is 0.392. The largest absolute Gasteiger partial charge is 0.355 e. The van der Waals surface area contributed by atoms with Crippen molar-refractivity contribution in [2.24, 2.45) is 10.9 Å². The molecule has 140 valence electrons. The number of aliphatic imine (C=N–C) groups is 1. The monoisotopic (exact) mass is 373 g/mol. The van der Waals surface area contributed by atoms with Crippen LogP contribution in [0.5, 0.6) is 0 Å². The fourth-order valence-corrected chi connectivity index (χ4v) is 5.89. The van der Waals surface area contributed by atoms with E-state index in [2.05, 4.69) is 23.2 Å². The molecule has 1 aromatic rings. The van der Waals surface area contributed by atoms with Crippen molar-refractivity contribution in [3.8, 4) is 0 Å². The van der Waals surface area contributed by atoms with Crippen LogP contribution in [-0.4, -0.2) is 50.6 Å². The number of amidine groups is 1. The van der Waals surface area contributed by atoms with Crippen LogP contribution in [0.1, 0.15) is 31.7 Å². The predicted molar refractivity (Wildman–Crippen MR) is 104 cm³/mol. The number of rotatable bonds is 1. The molecule has 0 saturated carbocycles. The average molecular weight is 374 g/mol. The van der Waals surface area contributed by atoms with Crippen molar-refractivity contribution in [2.75, 3.05) is 19.3 Å². The van der Waals surface area contributed by atoms with E-state index < -0.39 is 9.84 Å². The fourth-order valence-electron chi connectivity index (χ4n) is 4.39. The van der Waals surface area contributed by atoms with Gasteiger partial charge in [-0.25, -0.2) is 8.42 Å². The fraction of sp³-hybridized carbons (Fsp3) is 0.550. The van der Waals surface area contributed by atoms with Crippen LogP contribution >= 0.6 is 0 Å². The highest BCUT2D eigenvalue weighted by molar-refractivity contribution is 7.91. The Morgan fingerprint density at radius 2 is 2.04 bits per heavy atom. The van der Waals surface area contributed by atoms with Gasteiger partial charge in [-0.3, -0.25) is 4.99 Å². The molecule has 0 radical (unpaired) electrons. The Morgan fingerprint density at radius 3 is 2.85 bits per heavy atom. The molecular formula is C20H27N3O2S. The summed E-state index contributed by atoms with van der Waals surface area (Å²) in [5.41, 5.74) is 2.30. The highest BCUT2D eigenvalue weighted by atomic mass is 32.2. The minimum Gasteiger partial charge on any atom is -0.355 e. The molecule has 26 heavy (non-hydrogen) atoms. The molecule has 4 rings (SSSR count). The maximum atomic E-state index is 12.6. The van der Waals surface area contributed by atoms with Gasteiger partial charge in [0.2, 0.25) is 0 Å². The molecule has 0 saturated heterocycles. The molecule has 0 amide bonds. The number of fused-ring (bicyclic) bond motifs is 2. The summed E-state index contributed by atoms with van der Waals surface area (Å²) in [5.74, 6) is 1.81. The summed E-state index contributed by atoms with van der Waals surface area (Å²) < 4.78 is 25.2. The first kappa shape index (κ1) is 17.7. The molecular weight excluding hydrogens is 346 g/mol. The number of sulfone groups is 1. The third-order valence-corrected chi connectivity index (χ3v) is 7.65. The van der Waals surface area contributed by atoms with Gasteiger partial charge in [-0.1, -0.05) is 31.2 Å². The number of benzene rings is 1. The van der Waals surface area contributed by atoms with Gasteiger partial charge in [0, 0.05) is 25.6 Å². The third-order valence-electron chi connectivity index (χ3n) is 5.86. The van der Waals surface area contributed by atoms with E-state index in [-0.39, 0.29) is 11.8 Å². The van der Waals surface area contributed by atoms with Gasteiger partial charge >= 0.3 is 0 Å². The summed E-state index contributed by atoms with van der Waals surface area (Å²) in [6, 6.07) is 7.92. The zero-order valence-corrected chi connectivity index (χ0v) is 16.3. The van der Waals surface area contributed by atoms with Gasteiger partial charge < -0.3 is 10.2 Å². The summed E-state index contributed by atoms with van der Waals surface area (Å²) in [4.78, 5) is 7.73. The first-order valence-corrected chi connectivity index (χ1v) is 11.1. The van der Waals surface area contributed by atoms with Crippen molar-refractivity contribution < 1.29 is 8.42 Å². The van der Waals surface area contributed by atoms with Gasteiger partial charge in [0.25, 0.3) is 0 Å². The second-order valence-electron chi connectivity index (χ2n) is 7.68. The minimum atomic E-state index is -3.22.